The zero-order valence-corrected chi connectivity index (χ0v) is 14.7. The third kappa shape index (κ3) is 3.55. The highest BCUT2D eigenvalue weighted by atomic mass is 35.5. The zero-order valence-electron chi connectivity index (χ0n) is 13.1. The van der Waals surface area contributed by atoms with E-state index >= 15 is 0 Å². The maximum Gasteiger partial charge on any atom is 0.334 e. The number of hydrogen-bond donors (Lipinski definition) is 1. The summed E-state index contributed by atoms with van der Waals surface area (Å²) in [7, 11) is 0. The summed E-state index contributed by atoms with van der Waals surface area (Å²) in [5.41, 5.74) is 2.84. The number of aliphatic imine (C=N–C) groups is 1. The van der Waals surface area contributed by atoms with Gasteiger partial charge in [-0.2, -0.15) is 0 Å². The van der Waals surface area contributed by atoms with Gasteiger partial charge in [-0.15, -0.1) is 11.8 Å². The number of allylic oxidation sites excluding steroid dienone is 1. The number of rotatable bonds is 4. The summed E-state index contributed by atoms with van der Waals surface area (Å²) < 4.78 is 0. The van der Waals surface area contributed by atoms with Gasteiger partial charge in [0.05, 0.1) is 10.8 Å². The van der Waals surface area contributed by atoms with Crippen LogP contribution in [0.3, 0.4) is 0 Å². The molecule has 1 aromatic carbocycles. The van der Waals surface area contributed by atoms with Gasteiger partial charge in [-0.05, 0) is 36.8 Å². The fourth-order valence-electron chi connectivity index (χ4n) is 2.81. The minimum Gasteiger partial charge on any atom is -0.478 e. The predicted octanol–water partition coefficient (Wildman–Crippen LogP) is 4.77. The lowest BCUT2D eigenvalue weighted by molar-refractivity contribution is -0.133. The summed E-state index contributed by atoms with van der Waals surface area (Å²) in [6.45, 7) is 7.96. The molecule has 0 fully saturated rings. The average molecular weight is 338 g/mol. The number of benzene rings is 1. The first-order valence-corrected chi connectivity index (χ1v) is 8.53. The molecule has 3 nitrogen and oxygen atoms in total. The van der Waals surface area contributed by atoms with E-state index in [0.29, 0.717) is 21.5 Å². The number of hydrogen-bond acceptors (Lipinski definition) is 3. The maximum absolute atomic E-state index is 11.8. The summed E-state index contributed by atoms with van der Waals surface area (Å²) in [6, 6.07) is 7.47. The molecule has 0 amide bonds. The molecule has 0 bridgehead atoms. The largest absolute Gasteiger partial charge is 0.478 e. The molecule has 1 aliphatic rings. The van der Waals surface area contributed by atoms with E-state index in [2.05, 4.69) is 18.8 Å². The lowest BCUT2D eigenvalue weighted by Crippen LogP contribution is -2.32. The van der Waals surface area contributed by atoms with Gasteiger partial charge in [-0.3, -0.25) is 4.99 Å². The Morgan fingerprint density at radius 3 is 2.59 bits per heavy atom. The molecule has 0 spiro atoms. The van der Waals surface area contributed by atoms with E-state index in [1.165, 1.54) is 0 Å². The van der Waals surface area contributed by atoms with Crippen molar-refractivity contribution in [2.75, 3.05) is 0 Å². The van der Waals surface area contributed by atoms with E-state index in [9.17, 15) is 9.90 Å². The fraction of sp³-hybridized carbons (Fsp3) is 0.412. The second kappa shape index (κ2) is 6.88. The number of thioether (sulfide) groups is 1. The van der Waals surface area contributed by atoms with Crippen LogP contribution in [-0.2, 0) is 4.79 Å². The van der Waals surface area contributed by atoms with Gasteiger partial charge in [-0.25, -0.2) is 4.79 Å². The van der Waals surface area contributed by atoms with Crippen molar-refractivity contribution in [3.8, 4) is 0 Å². The first-order chi connectivity index (χ1) is 10.3. The summed E-state index contributed by atoms with van der Waals surface area (Å²) in [5, 5.41) is 10.7. The Labute approximate surface area is 140 Å². The Morgan fingerprint density at radius 2 is 2.05 bits per heavy atom. The molecule has 0 saturated carbocycles. The Morgan fingerprint density at radius 1 is 1.36 bits per heavy atom. The molecule has 22 heavy (non-hydrogen) atoms. The molecule has 5 heteroatoms. The van der Waals surface area contributed by atoms with Crippen LogP contribution >= 0.6 is 23.4 Å². The topological polar surface area (TPSA) is 49.7 Å². The molecular formula is C17H20ClNO2S. The van der Waals surface area contributed by atoms with Gasteiger partial charge in [0.15, 0.2) is 0 Å². The van der Waals surface area contributed by atoms with Crippen molar-refractivity contribution in [3.05, 3.63) is 46.1 Å². The lowest BCUT2D eigenvalue weighted by Gasteiger charge is -2.33. The van der Waals surface area contributed by atoms with E-state index < -0.39 is 5.97 Å². The molecule has 2 rings (SSSR count). The first-order valence-electron chi connectivity index (χ1n) is 7.21. The Balaban J connectivity index is 2.59. The molecule has 0 aliphatic carbocycles. The highest BCUT2D eigenvalue weighted by Gasteiger charge is 2.37. The first kappa shape index (κ1) is 17.1. The molecule has 0 aromatic heterocycles. The van der Waals surface area contributed by atoms with E-state index in [1.54, 1.807) is 24.8 Å². The van der Waals surface area contributed by atoms with Crippen LogP contribution in [0.15, 0.2) is 40.5 Å². The molecule has 1 aliphatic heterocycles. The lowest BCUT2D eigenvalue weighted by atomic mass is 9.83. The number of aliphatic carboxylic acids is 1. The maximum atomic E-state index is 11.8. The smallest absolute Gasteiger partial charge is 0.334 e. The molecule has 1 N–H and O–H groups in total. The summed E-state index contributed by atoms with van der Waals surface area (Å²) in [6.07, 6.45) is 0. The van der Waals surface area contributed by atoms with Crippen LogP contribution < -0.4 is 0 Å². The molecule has 1 aromatic rings. The van der Waals surface area contributed by atoms with Gasteiger partial charge in [0.1, 0.15) is 0 Å². The van der Waals surface area contributed by atoms with Crippen molar-refractivity contribution in [2.24, 2.45) is 4.99 Å². The normalized spacial score (nSPS) is 22.0. The van der Waals surface area contributed by atoms with Gasteiger partial charge < -0.3 is 5.11 Å². The Kier molecular flexibility index (Phi) is 5.35. The van der Waals surface area contributed by atoms with E-state index in [0.717, 1.165) is 11.3 Å². The van der Waals surface area contributed by atoms with E-state index in [1.807, 2.05) is 25.1 Å². The van der Waals surface area contributed by atoms with Gasteiger partial charge in [0.2, 0.25) is 0 Å². The third-order valence-electron chi connectivity index (χ3n) is 3.62. The molecule has 2 atom stereocenters. The van der Waals surface area contributed by atoms with Crippen LogP contribution in [0.1, 0.15) is 39.2 Å². The van der Waals surface area contributed by atoms with E-state index in [-0.39, 0.29) is 11.2 Å². The third-order valence-corrected chi connectivity index (χ3v) is 5.30. The molecule has 0 radical (unpaired) electrons. The Bertz CT molecular complexity index is 652. The summed E-state index contributed by atoms with van der Waals surface area (Å²) in [5.74, 6) is -1.14. The fourth-order valence-corrected chi connectivity index (χ4v) is 4.29. The van der Waals surface area contributed by atoms with Crippen LogP contribution in [0.5, 0.6) is 0 Å². The highest BCUT2D eigenvalue weighted by Crippen LogP contribution is 2.42. The SMILES string of the molecule is CC1=NC(C)=C(C(=O)O)C(c2cccc(Cl)c2)C1SC(C)C. The van der Waals surface area contributed by atoms with Crippen molar-refractivity contribution < 1.29 is 9.90 Å². The number of nitrogens with zero attached hydrogens (tertiary/aromatic N) is 1. The van der Waals surface area contributed by atoms with Gasteiger partial charge in [0, 0.05) is 22.3 Å². The Hall–Kier alpha value is -1.26. The molecule has 2 unspecified atom stereocenters. The van der Waals surface area contributed by atoms with Gasteiger partial charge in [0.25, 0.3) is 0 Å². The molecule has 118 valence electrons. The summed E-state index contributed by atoms with van der Waals surface area (Å²) >= 11 is 7.86. The monoisotopic (exact) mass is 337 g/mol. The minimum absolute atomic E-state index is 0.00765. The minimum atomic E-state index is -0.909. The van der Waals surface area contributed by atoms with Crippen LogP contribution in [0.4, 0.5) is 0 Å². The van der Waals surface area contributed by atoms with Crippen molar-refractivity contribution >= 4 is 35.0 Å². The zero-order chi connectivity index (χ0) is 16.4. The second-order valence-electron chi connectivity index (χ2n) is 5.70. The van der Waals surface area contributed by atoms with Gasteiger partial charge >= 0.3 is 5.97 Å². The average Bonchev–Trinajstić information content (AvgIpc) is 2.40. The van der Waals surface area contributed by atoms with Crippen molar-refractivity contribution in [2.45, 2.75) is 44.1 Å². The molecular weight excluding hydrogens is 318 g/mol. The predicted molar refractivity (Wildman–Crippen MR) is 94.2 cm³/mol. The molecule has 0 saturated heterocycles. The highest BCUT2D eigenvalue weighted by molar-refractivity contribution is 8.01. The second-order valence-corrected chi connectivity index (χ2v) is 7.85. The summed E-state index contributed by atoms with van der Waals surface area (Å²) in [4.78, 5) is 16.3. The van der Waals surface area contributed by atoms with Crippen molar-refractivity contribution in [3.63, 3.8) is 0 Å². The van der Waals surface area contributed by atoms with Crippen LogP contribution in [0.25, 0.3) is 0 Å². The standard InChI is InChI=1S/C17H20ClNO2S/c1-9(2)22-16-11(4)19-10(3)14(17(20)21)15(16)12-6-5-7-13(18)8-12/h5-9,15-16H,1-4H3,(H,20,21). The van der Waals surface area contributed by atoms with Crippen LogP contribution in [0.2, 0.25) is 5.02 Å². The molecule has 1 heterocycles. The number of halogens is 1. The van der Waals surface area contributed by atoms with Crippen molar-refractivity contribution in [1.82, 2.24) is 0 Å². The van der Waals surface area contributed by atoms with E-state index in [4.69, 9.17) is 11.6 Å². The quantitative estimate of drug-likeness (QED) is 0.861. The van der Waals surface area contributed by atoms with Crippen molar-refractivity contribution in [1.29, 1.82) is 0 Å². The number of carboxylic acids is 1. The number of carbonyl (C=O) groups is 1. The number of carboxylic acid groups (broad SMARTS) is 1. The van der Waals surface area contributed by atoms with Gasteiger partial charge in [-0.1, -0.05) is 37.6 Å². The van der Waals surface area contributed by atoms with Crippen LogP contribution in [0, 0.1) is 0 Å². The van der Waals surface area contributed by atoms with Crippen LogP contribution in [-0.4, -0.2) is 27.3 Å².